The molecule has 0 unspecified atom stereocenters. The van der Waals surface area contributed by atoms with Crippen LogP contribution in [-0.4, -0.2) is 31.1 Å². The zero-order chi connectivity index (χ0) is 12.3. The maximum absolute atomic E-state index is 3.41. The molecule has 0 saturated carbocycles. The number of benzene rings is 1. The molecule has 0 aliphatic carbocycles. The minimum absolute atomic E-state index is 1.11. The molecule has 2 rings (SSSR count). The lowest BCUT2D eigenvalue weighted by atomic mass is 9.98. The maximum Gasteiger partial charge on any atom is 0.0237 e. The fourth-order valence-corrected chi connectivity index (χ4v) is 2.49. The summed E-state index contributed by atoms with van der Waals surface area (Å²) in [5, 5.41) is 3.41. The molecule has 1 aliphatic rings. The van der Waals surface area contributed by atoms with Gasteiger partial charge in [-0.3, -0.25) is 4.90 Å². The fourth-order valence-electron chi connectivity index (χ4n) is 2.49. The summed E-state index contributed by atoms with van der Waals surface area (Å²) in [5.41, 5.74) is 5.90. The predicted octanol–water partition coefficient (Wildman–Crippen LogP) is 2.27. The second kappa shape index (κ2) is 5.65. The van der Waals surface area contributed by atoms with E-state index in [0.717, 1.165) is 26.1 Å². The monoisotopic (exact) mass is 232 g/mol. The third-order valence-corrected chi connectivity index (χ3v) is 3.85. The van der Waals surface area contributed by atoms with E-state index >= 15 is 0 Å². The van der Waals surface area contributed by atoms with Crippen molar-refractivity contribution in [3.05, 3.63) is 34.4 Å². The van der Waals surface area contributed by atoms with Crippen LogP contribution in [0.1, 0.15) is 29.2 Å². The molecule has 17 heavy (non-hydrogen) atoms. The molecule has 1 aromatic carbocycles. The highest BCUT2D eigenvalue weighted by atomic mass is 15.2. The first-order valence-electron chi connectivity index (χ1n) is 6.72. The lowest BCUT2D eigenvalue weighted by Gasteiger charge is -2.28. The summed E-state index contributed by atoms with van der Waals surface area (Å²) in [6.45, 7) is 12.4. The van der Waals surface area contributed by atoms with Gasteiger partial charge in [-0.25, -0.2) is 0 Å². The van der Waals surface area contributed by atoms with E-state index in [1.54, 1.807) is 0 Å². The fraction of sp³-hybridized carbons (Fsp3) is 0.600. The third-order valence-electron chi connectivity index (χ3n) is 3.85. The molecule has 0 radical (unpaired) electrons. The van der Waals surface area contributed by atoms with Gasteiger partial charge in [-0.05, 0) is 42.5 Å². The van der Waals surface area contributed by atoms with Crippen molar-refractivity contribution in [3.63, 3.8) is 0 Å². The summed E-state index contributed by atoms with van der Waals surface area (Å²) in [7, 11) is 0. The lowest BCUT2D eigenvalue weighted by molar-refractivity contribution is 0.232. The van der Waals surface area contributed by atoms with Gasteiger partial charge in [0.2, 0.25) is 0 Å². The first-order valence-corrected chi connectivity index (χ1v) is 6.72. The van der Waals surface area contributed by atoms with Crippen molar-refractivity contribution in [2.45, 2.75) is 33.7 Å². The van der Waals surface area contributed by atoms with Crippen LogP contribution >= 0.6 is 0 Å². The van der Waals surface area contributed by atoms with E-state index in [9.17, 15) is 0 Å². The van der Waals surface area contributed by atoms with E-state index < -0.39 is 0 Å². The van der Waals surface area contributed by atoms with Crippen molar-refractivity contribution in [3.8, 4) is 0 Å². The molecule has 0 bridgehead atoms. The maximum atomic E-state index is 3.41. The van der Waals surface area contributed by atoms with Crippen LogP contribution in [0.2, 0.25) is 0 Å². The standard InChI is InChI=1S/C15H24N2/c1-4-14-9-12(2)13(3)15(10-14)11-17-7-5-16-6-8-17/h9-10,16H,4-8,11H2,1-3H3. The number of nitrogens with zero attached hydrogens (tertiary/aromatic N) is 1. The molecule has 1 saturated heterocycles. The van der Waals surface area contributed by atoms with E-state index in [1.807, 2.05) is 0 Å². The normalized spacial score (nSPS) is 17.4. The Balaban J connectivity index is 2.15. The van der Waals surface area contributed by atoms with Gasteiger partial charge >= 0.3 is 0 Å². The predicted molar refractivity (Wildman–Crippen MR) is 73.4 cm³/mol. The number of nitrogens with one attached hydrogen (secondary N) is 1. The zero-order valence-electron chi connectivity index (χ0n) is 11.3. The number of rotatable bonds is 3. The summed E-state index contributed by atoms with van der Waals surface area (Å²) in [6.07, 6.45) is 1.13. The Morgan fingerprint density at radius 1 is 1.18 bits per heavy atom. The molecule has 94 valence electrons. The highest BCUT2D eigenvalue weighted by Gasteiger charge is 2.12. The molecule has 1 heterocycles. The van der Waals surface area contributed by atoms with Crippen LogP contribution in [0.3, 0.4) is 0 Å². The molecule has 0 atom stereocenters. The summed E-state index contributed by atoms with van der Waals surface area (Å²) in [5.74, 6) is 0. The molecule has 1 aromatic rings. The minimum Gasteiger partial charge on any atom is -0.314 e. The Kier molecular flexibility index (Phi) is 4.19. The summed E-state index contributed by atoms with van der Waals surface area (Å²) >= 11 is 0. The van der Waals surface area contributed by atoms with Gasteiger partial charge in [0.05, 0.1) is 0 Å². The molecular weight excluding hydrogens is 208 g/mol. The second-order valence-corrected chi connectivity index (χ2v) is 5.08. The molecule has 2 nitrogen and oxygen atoms in total. The van der Waals surface area contributed by atoms with Crippen LogP contribution in [0.25, 0.3) is 0 Å². The summed E-state index contributed by atoms with van der Waals surface area (Å²) < 4.78 is 0. The molecule has 1 fully saturated rings. The third kappa shape index (κ3) is 3.08. The first kappa shape index (κ1) is 12.6. The number of hydrogen-bond acceptors (Lipinski definition) is 2. The lowest BCUT2D eigenvalue weighted by Crippen LogP contribution is -2.43. The van der Waals surface area contributed by atoms with E-state index in [4.69, 9.17) is 0 Å². The Morgan fingerprint density at radius 3 is 2.53 bits per heavy atom. The van der Waals surface area contributed by atoms with Gasteiger partial charge in [0.15, 0.2) is 0 Å². The van der Waals surface area contributed by atoms with E-state index in [2.05, 4.69) is 43.1 Å². The van der Waals surface area contributed by atoms with Crippen LogP contribution in [0.4, 0.5) is 0 Å². The van der Waals surface area contributed by atoms with Crippen LogP contribution < -0.4 is 5.32 Å². The van der Waals surface area contributed by atoms with Crippen molar-refractivity contribution >= 4 is 0 Å². The van der Waals surface area contributed by atoms with Crippen LogP contribution in [0.5, 0.6) is 0 Å². The van der Waals surface area contributed by atoms with Crippen LogP contribution in [-0.2, 0) is 13.0 Å². The molecule has 0 spiro atoms. The minimum atomic E-state index is 1.11. The molecule has 0 aromatic heterocycles. The number of hydrogen-bond donors (Lipinski definition) is 1. The van der Waals surface area contributed by atoms with Crippen LogP contribution in [0, 0.1) is 13.8 Å². The number of piperazine rings is 1. The van der Waals surface area contributed by atoms with E-state index in [0.29, 0.717) is 0 Å². The highest BCUT2D eigenvalue weighted by Crippen LogP contribution is 2.18. The molecule has 0 amide bonds. The van der Waals surface area contributed by atoms with Gasteiger partial charge < -0.3 is 5.32 Å². The van der Waals surface area contributed by atoms with Gasteiger partial charge in [-0.1, -0.05) is 19.1 Å². The smallest absolute Gasteiger partial charge is 0.0237 e. The SMILES string of the molecule is CCc1cc(C)c(C)c(CN2CCNCC2)c1. The second-order valence-electron chi connectivity index (χ2n) is 5.08. The summed E-state index contributed by atoms with van der Waals surface area (Å²) in [4.78, 5) is 2.55. The highest BCUT2D eigenvalue weighted by molar-refractivity contribution is 5.37. The van der Waals surface area contributed by atoms with Gasteiger partial charge in [0.1, 0.15) is 0 Å². The average Bonchev–Trinajstić information content (AvgIpc) is 2.36. The Hall–Kier alpha value is -0.860. The van der Waals surface area contributed by atoms with Crippen molar-refractivity contribution in [1.82, 2.24) is 10.2 Å². The molecule has 1 aliphatic heterocycles. The largest absolute Gasteiger partial charge is 0.314 e. The summed E-state index contributed by atoms with van der Waals surface area (Å²) in [6, 6.07) is 4.72. The van der Waals surface area contributed by atoms with E-state index in [-0.39, 0.29) is 0 Å². The van der Waals surface area contributed by atoms with Gasteiger partial charge in [-0.2, -0.15) is 0 Å². The van der Waals surface area contributed by atoms with Crippen molar-refractivity contribution < 1.29 is 0 Å². The van der Waals surface area contributed by atoms with E-state index in [1.165, 1.54) is 35.3 Å². The van der Waals surface area contributed by atoms with Crippen LogP contribution in [0.15, 0.2) is 12.1 Å². The first-order chi connectivity index (χ1) is 8.20. The molecular formula is C15H24N2. The Labute approximate surface area is 105 Å². The average molecular weight is 232 g/mol. The van der Waals surface area contributed by atoms with Crippen molar-refractivity contribution in [2.75, 3.05) is 26.2 Å². The Bertz CT molecular complexity index is 379. The topological polar surface area (TPSA) is 15.3 Å². The Morgan fingerprint density at radius 2 is 1.88 bits per heavy atom. The zero-order valence-corrected chi connectivity index (χ0v) is 11.3. The van der Waals surface area contributed by atoms with Crippen molar-refractivity contribution in [2.24, 2.45) is 0 Å². The molecule has 1 N–H and O–H groups in total. The quantitative estimate of drug-likeness (QED) is 0.860. The van der Waals surface area contributed by atoms with Gasteiger partial charge in [-0.15, -0.1) is 0 Å². The van der Waals surface area contributed by atoms with Gasteiger partial charge in [0.25, 0.3) is 0 Å². The van der Waals surface area contributed by atoms with Crippen molar-refractivity contribution in [1.29, 1.82) is 0 Å². The molecule has 2 heteroatoms. The number of aryl methyl sites for hydroxylation is 2. The van der Waals surface area contributed by atoms with Gasteiger partial charge in [0, 0.05) is 32.7 Å².